The van der Waals surface area contributed by atoms with Gasteiger partial charge in [-0.25, -0.2) is 8.42 Å². The van der Waals surface area contributed by atoms with Gasteiger partial charge in [0.05, 0.1) is 6.54 Å². The van der Waals surface area contributed by atoms with Crippen molar-refractivity contribution in [2.75, 3.05) is 19.1 Å². The van der Waals surface area contributed by atoms with Crippen LogP contribution >= 0.6 is 11.8 Å². The monoisotopic (exact) mass is 292 g/mol. The first-order valence-electron chi connectivity index (χ1n) is 5.73. The molecule has 1 unspecified atom stereocenters. The Morgan fingerprint density at radius 1 is 1.50 bits per heavy atom. The summed E-state index contributed by atoms with van der Waals surface area (Å²) in [6.45, 7) is 2.17. The lowest BCUT2D eigenvalue weighted by Crippen LogP contribution is -2.38. The number of furan rings is 1. The standard InChI is InChI=1S/C11H20N2O3S2/c1-4-9(8-17-3)13(2)18(14,15)11-6-5-10(7-12)16-11/h5-6,9H,4,7-8,12H2,1-3H3. The summed E-state index contributed by atoms with van der Waals surface area (Å²) >= 11 is 1.63. The van der Waals surface area contributed by atoms with Crippen LogP contribution in [-0.4, -0.2) is 37.8 Å². The lowest BCUT2D eigenvalue weighted by molar-refractivity contribution is 0.354. The van der Waals surface area contributed by atoms with Gasteiger partial charge in [0.2, 0.25) is 5.09 Å². The van der Waals surface area contributed by atoms with Crippen molar-refractivity contribution in [3.05, 3.63) is 17.9 Å². The molecule has 0 saturated heterocycles. The number of rotatable bonds is 7. The van der Waals surface area contributed by atoms with Crippen molar-refractivity contribution < 1.29 is 12.8 Å². The molecule has 0 amide bonds. The number of hydrogen-bond acceptors (Lipinski definition) is 5. The van der Waals surface area contributed by atoms with Crippen molar-refractivity contribution in [1.29, 1.82) is 0 Å². The van der Waals surface area contributed by atoms with E-state index in [1.165, 1.54) is 10.4 Å². The van der Waals surface area contributed by atoms with Crippen molar-refractivity contribution in [3.8, 4) is 0 Å². The Hall–Kier alpha value is -0.500. The Kier molecular flexibility index (Phi) is 5.71. The summed E-state index contributed by atoms with van der Waals surface area (Å²) in [4.78, 5) is 0. The van der Waals surface area contributed by atoms with Crippen LogP contribution in [-0.2, 0) is 16.6 Å². The van der Waals surface area contributed by atoms with Crippen molar-refractivity contribution in [2.24, 2.45) is 5.73 Å². The maximum absolute atomic E-state index is 12.3. The highest BCUT2D eigenvalue weighted by Crippen LogP contribution is 2.21. The quantitative estimate of drug-likeness (QED) is 0.824. The van der Waals surface area contributed by atoms with Crippen LogP contribution in [0, 0.1) is 0 Å². The van der Waals surface area contributed by atoms with E-state index in [1.54, 1.807) is 24.9 Å². The summed E-state index contributed by atoms with van der Waals surface area (Å²) in [5.41, 5.74) is 5.41. The van der Waals surface area contributed by atoms with Gasteiger partial charge in [0.25, 0.3) is 10.0 Å². The molecule has 0 aliphatic heterocycles. The van der Waals surface area contributed by atoms with Gasteiger partial charge in [-0.05, 0) is 24.8 Å². The average molecular weight is 292 g/mol. The van der Waals surface area contributed by atoms with Gasteiger partial charge in [0.15, 0.2) is 0 Å². The maximum Gasteiger partial charge on any atom is 0.276 e. The van der Waals surface area contributed by atoms with Crippen molar-refractivity contribution >= 4 is 21.8 Å². The van der Waals surface area contributed by atoms with Crippen molar-refractivity contribution in [2.45, 2.75) is 31.0 Å². The zero-order valence-electron chi connectivity index (χ0n) is 10.9. The molecule has 18 heavy (non-hydrogen) atoms. The molecule has 1 aromatic rings. The van der Waals surface area contributed by atoms with Crippen LogP contribution in [0.4, 0.5) is 0 Å². The fourth-order valence-electron chi connectivity index (χ4n) is 1.62. The van der Waals surface area contributed by atoms with Crippen LogP contribution in [0.2, 0.25) is 0 Å². The van der Waals surface area contributed by atoms with E-state index in [1.807, 2.05) is 13.2 Å². The minimum Gasteiger partial charge on any atom is -0.447 e. The van der Waals surface area contributed by atoms with Crippen molar-refractivity contribution in [1.82, 2.24) is 4.31 Å². The zero-order chi connectivity index (χ0) is 13.8. The normalized spacial score (nSPS) is 14.1. The largest absolute Gasteiger partial charge is 0.447 e. The van der Waals surface area contributed by atoms with Gasteiger partial charge in [0, 0.05) is 18.8 Å². The molecule has 0 bridgehead atoms. The molecule has 5 nitrogen and oxygen atoms in total. The van der Waals surface area contributed by atoms with E-state index in [2.05, 4.69) is 0 Å². The Balaban J connectivity index is 2.97. The molecule has 0 fully saturated rings. The van der Waals surface area contributed by atoms with Crippen LogP contribution in [0.5, 0.6) is 0 Å². The SMILES string of the molecule is CCC(CSC)N(C)S(=O)(=O)c1ccc(CN)o1. The summed E-state index contributed by atoms with van der Waals surface area (Å²) in [5.74, 6) is 1.23. The second-order valence-electron chi connectivity index (χ2n) is 3.96. The van der Waals surface area contributed by atoms with E-state index >= 15 is 0 Å². The molecular formula is C11H20N2O3S2. The third-order valence-corrected chi connectivity index (χ3v) is 5.32. The summed E-state index contributed by atoms with van der Waals surface area (Å²) in [7, 11) is -1.98. The molecule has 1 rings (SSSR count). The number of thioether (sulfide) groups is 1. The third-order valence-electron chi connectivity index (χ3n) is 2.82. The molecule has 2 N–H and O–H groups in total. The number of hydrogen-bond donors (Lipinski definition) is 1. The maximum atomic E-state index is 12.3. The fourth-order valence-corrected chi connectivity index (χ4v) is 3.91. The second-order valence-corrected chi connectivity index (χ2v) is 6.80. The van der Waals surface area contributed by atoms with Crippen LogP contribution in [0.1, 0.15) is 19.1 Å². The van der Waals surface area contributed by atoms with Gasteiger partial charge in [-0.15, -0.1) is 0 Å². The van der Waals surface area contributed by atoms with Gasteiger partial charge >= 0.3 is 0 Å². The van der Waals surface area contributed by atoms with Crippen LogP contribution < -0.4 is 5.73 Å². The smallest absolute Gasteiger partial charge is 0.276 e. The summed E-state index contributed by atoms with van der Waals surface area (Å²) in [6.07, 6.45) is 2.73. The van der Waals surface area contributed by atoms with E-state index < -0.39 is 10.0 Å². The Bertz CT molecular complexity index is 470. The molecule has 0 aliphatic rings. The van der Waals surface area contributed by atoms with E-state index in [0.717, 1.165) is 12.2 Å². The fraction of sp³-hybridized carbons (Fsp3) is 0.636. The molecule has 0 aromatic carbocycles. The average Bonchev–Trinajstić information content (AvgIpc) is 2.84. The first-order chi connectivity index (χ1) is 8.47. The first kappa shape index (κ1) is 15.6. The number of sulfonamides is 1. The molecular weight excluding hydrogens is 272 g/mol. The number of nitrogens with zero attached hydrogens (tertiary/aromatic N) is 1. The van der Waals surface area contributed by atoms with E-state index in [-0.39, 0.29) is 17.7 Å². The predicted molar refractivity (Wildman–Crippen MR) is 74.0 cm³/mol. The third kappa shape index (κ3) is 3.28. The molecule has 1 aromatic heterocycles. The van der Waals surface area contributed by atoms with Gasteiger partial charge in [-0.1, -0.05) is 6.92 Å². The van der Waals surface area contributed by atoms with Crippen LogP contribution in [0.15, 0.2) is 21.6 Å². The minimum atomic E-state index is -3.56. The van der Waals surface area contributed by atoms with E-state index in [4.69, 9.17) is 10.2 Å². The first-order valence-corrected chi connectivity index (χ1v) is 8.56. The van der Waals surface area contributed by atoms with Gasteiger partial charge in [0.1, 0.15) is 5.76 Å². The summed E-state index contributed by atoms with van der Waals surface area (Å²) in [5, 5.41) is -0.0370. The highest BCUT2D eigenvalue weighted by Gasteiger charge is 2.29. The summed E-state index contributed by atoms with van der Waals surface area (Å²) in [6, 6.07) is 3.02. The molecule has 0 saturated carbocycles. The Morgan fingerprint density at radius 2 is 2.17 bits per heavy atom. The highest BCUT2D eigenvalue weighted by molar-refractivity contribution is 7.98. The topological polar surface area (TPSA) is 76.5 Å². The van der Waals surface area contributed by atoms with E-state index in [0.29, 0.717) is 5.76 Å². The zero-order valence-corrected chi connectivity index (χ0v) is 12.6. The second kappa shape index (κ2) is 6.60. The lowest BCUT2D eigenvalue weighted by atomic mass is 10.3. The molecule has 1 atom stereocenters. The van der Waals surface area contributed by atoms with Crippen LogP contribution in [0.3, 0.4) is 0 Å². The molecule has 7 heteroatoms. The number of nitrogens with two attached hydrogens (primary N) is 1. The summed E-state index contributed by atoms with van der Waals surface area (Å²) < 4.78 is 31.2. The van der Waals surface area contributed by atoms with Gasteiger partial charge in [-0.3, -0.25) is 0 Å². The Morgan fingerprint density at radius 3 is 2.61 bits per heavy atom. The van der Waals surface area contributed by atoms with E-state index in [9.17, 15) is 8.42 Å². The molecule has 104 valence electrons. The van der Waals surface area contributed by atoms with Crippen molar-refractivity contribution in [3.63, 3.8) is 0 Å². The molecule has 0 radical (unpaired) electrons. The molecule has 0 aliphatic carbocycles. The highest BCUT2D eigenvalue weighted by atomic mass is 32.2. The lowest BCUT2D eigenvalue weighted by Gasteiger charge is -2.24. The molecule has 0 spiro atoms. The van der Waals surface area contributed by atoms with Gasteiger partial charge < -0.3 is 10.2 Å². The van der Waals surface area contributed by atoms with Gasteiger partial charge in [-0.2, -0.15) is 16.1 Å². The molecule has 1 heterocycles. The minimum absolute atomic E-state index is 0.0311. The predicted octanol–water partition coefficient (Wildman–Crippen LogP) is 1.50. The van der Waals surface area contributed by atoms with Crippen LogP contribution in [0.25, 0.3) is 0 Å². The Labute approximate surface area is 113 Å².